The molecular weight excluding hydrogens is 599 g/mol. The van der Waals surface area contributed by atoms with Crippen LogP contribution in [-0.4, -0.2) is 24.8 Å². The molecule has 0 unspecified atom stereocenters. The van der Waals surface area contributed by atoms with Crippen LogP contribution in [0.5, 0.6) is 0 Å². The van der Waals surface area contributed by atoms with Crippen LogP contribution in [0.25, 0.3) is 65.4 Å². The smallest absolute Gasteiger partial charge is 0.0619 e. The molecule has 0 atom stereocenters. The van der Waals surface area contributed by atoms with Crippen molar-refractivity contribution in [1.29, 1.82) is 0 Å². The van der Waals surface area contributed by atoms with Crippen molar-refractivity contribution in [1.82, 2.24) is 13.7 Å². The van der Waals surface area contributed by atoms with Crippen molar-refractivity contribution in [2.75, 3.05) is 0 Å². The third kappa shape index (κ3) is 5.19. The maximum absolute atomic E-state index is 6.86. The van der Waals surface area contributed by atoms with Crippen LogP contribution in [0.4, 0.5) is 0 Å². The van der Waals surface area contributed by atoms with Crippen molar-refractivity contribution in [2.24, 2.45) is 11.5 Å². The van der Waals surface area contributed by atoms with E-state index in [0.29, 0.717) is 0 Å². The standard InChI is InChI=1S/C44H57N5/c1-12-42(6,7)47-31-22-16-13-19-28(31)34-37(47)35-30-21-15-18-24-33(30)49(44(10,11)27-41(4,5)46)39(35)36-29-20-14-17-23-32(29)48(38(34)36)43(8,9)26-25-40(2,3)45/h13-24H,12,25-27,45-46H2,1-11H3. The molecule has 0 amide bonds. The Balaban J connectivity index is 1.87. The summed E-state index contributed by atoms with van der Waals surface area (Å²) in [5.74, 6) is 0. The summed E-state index contributed by atoms with van der Waals surface area (Å²) in [7, 11) is 0. The Bertz CT molecular complexity index is 2390. The van der Waals surface area contributed by atoms with Gasteiger partial charge in [-0.05, 0) is 113 Å². The van der Waals surface area contributed by atoms with Gasteiger partial charge < -0.3 is 25.2 Å². The average molecular weight is 656 g/mol. The highest BCUT2D eigenvalue weighted by atomic mass is 15.1. The highest BCUT2D eigenvalue weighted by Crippen LogP contribution is 2.52. The zero-order valence-electron chi connectivity index (χ0n) is 31.8. The Hall–Kier alpha value is -3.80. The zero-order chi connectivity index (χ0) is 35.5. The van der Waals surface area contributed by atoms with Crippen molar-refractivity contribution in [3.8, 4) is 0 Å². The molecule has 0 aliphatic carbocycles. The molecule has 4 N–H and O–H groups in total. The molecule has 0 aliphatic rings. The quantitative estimate of drug-likeness (QED) is 0.162. The lowest BCUT2D eigenvalue weighted by Gasteiger charge is -2.35. The summed E-state index contributed by atoms with van der Waals surface area (Å²) in [5.41, 5.74) is 20.0. The molecule has 49 heavy (non-hydrogen) atoms. The number of fused-ring (bicyclic) bond motifs is 12. The molecule has 5 heteroatoms. The normalized spacial score (nSPS) is 14.1. The first kappa shape index (κ1) is 33.7. The molecular formula is C44H57N5. The Morgan fingerprint density at radius 3 is 1.14 bits per heavy atom. The van der Waals surface area contributed by atoms with Gasteiger partial charge in [0.2, 0.25) is 0 Å². The Morgan fingerprint density at radius 1 is 0.449 bits per heavy atom. The summed E-state index contributed by atoms with van der Waals surface area (Å²) >= 11 is 0. The molecule has 7 rings (SSSR count). The van der Waals surface area contributed by atoms with E-state index in [1.165, 1.54) is 65.4 Å². The van der Waals surface area contributed by atoms with E-state index in [1.807, 2.05) is 0 Å². The van der Waals surface area contributed by atoms with E-state index >= 15 is 0 Å². The molecule has 3 heterocycles. The summed E-state index contributed by atoms with van der Waals surface area (Å²) in [6.45, 7) is 25.3. The summed E-state index contributed by atoms with van der Waals surface area (Å²) in [6.07, 6.45) is 3.71. The van der Waals surface area contributed by atoms with E-state index in [4.69, 9.17) is 11.5 Å². The summed E-state index contributed by atoms with van der Waals surface area (Å²) in [5, 5.41) is 7.91. The summed E-state index contributed by atoms with van der Waals surface area (Å²) in [4.78, 5) is 0. The van der Waals surface area contributed by atoms with Gasteiger partial charge in [-0.1, -0.05) is 61.5 Å². The minimum Gasteiger partial charge on any atom is -0.334 e. The first-order valence-corrected chi connectivity index (χ1v) is 18.3. The molecule has 0 bridgehead atoms. The summed E-state index contributed by atoms with van der Waals surface area (Å²) in [6, 6.07) is 27.3. The minimum absolute atomic E-state index is 0.129. The van der Waals surface area contributed by atoms with E-state index in [2.05, 4.69) is 163 Å². The van der Waals surface area contributed by atoms with Gasteiger partial charge >= 0.3 is 0 Å². The van der Waals surface area contributed by atoms with Crippen LogP contribution in [0.2, 0.25) is 0 Å². The highest BCUT2D eigenvalue weighted by Gasteiger charge is 2.37. The molecule has 258 valence electrons. The largest absolute Gasteiger partial charge is 0.334 e. The molecule has 0 saturated heterocycles. The minimum atomic E-state index is -0.353. The van der Waals surface area contributed by atoms with Gasteiger partial charge in [0.05, 0.1) is 16.6 Å². The second kappa shape index (κ2) is 10.8. The zero-order valence-corrected chi connectivity index (χ0v) is 31.8. The first-order valence-electron chi connectivity index (χ1n) is 18.3. The van der Waals surface area contributed by atoms with Crippen LogP contribution in [-0.2, 0) is 16.6 Å². The third-order valence-corrected chi connectivity index (χ3v) is 11.3. The van der Waals surface area contributed by atoms with Crippen LogP contribution >= 0.6 is 0 Å². The predicted octanol–water partition coefficient (Wildman–Crippen LogP) is 11.3. The van der Waals surface area contributed by atoms with Crippen molar-refractivity contribution in [3.05, 3.63) is 72.8 Å². The van der Waals surface area contributed by atoms with E-state index in [9.17, 15) is 0 Å². The van der Waals surface area contributed by atoms with Crippen LogP contribution in [0.3, 0.4) is 0 Å². The van der Waals surface area contributed by atoms with Gasteiger partial charge in [0, 0.05) is 76.6 Å². The lowest BCUT2D eigenvalue weighted by Crippen LogP contribution is -2.41. The predicted molar refractivity (Wildman–Crippen MR) is 214 cm³/mol. The van der Waals surface area contributed by atoms with Gasteiger partial charge in [0.15, 0.2) is 0 Å². The van der Waals surface area contributed by atoms with E-state index in [1.54, 1.807) is 0 Å². The van der Waals surface area contributed by atoms with Gasteiger partial charge in [-0.3, -0.25) is 0 Å². The highest BCUT2D eigenvalue weighted by molar-refractivity contribution is 6.39. The van der Waals surface area contributed by atoms with Crippen LogP contribution in [0.15, 0.2) is 72.8 Å². The first-order chi connectivity index (χ1) is 22.8. The molecule has 0 saturated carbocycles. The van der Waals surface area contributed by atoms with Crippen LogP contribution in [0, 0.1) is 0 Å². The van der Waals surface area contributed by atoms with Crippen molar-refractivity contribution in [3.63, 3.8) is 0 Å². The average Bonchev–Trinajstić information content (AvgIpc) is 3.65. The van der Waals surface area contributed by atoms with Crippen LogP contribution < -0.4 is 11.5 Å². The number of nitrogens with zero attached hydrogens (tertiary/aromatic N) is 3. The number of benzene rings is 4. The number of hydrogen-bond donors (Lipinski definition) is 2. The number of aromatic nitrogens is 3. The van der Waals surface area contributed by atoms with E-state index in [0.717, 1.165) is 25.7 Å². The van der Waals surface area contributed by atoms with Gasteiger partial charge in [-0.2, -0.15) is 0 Å². The van der Waals surface area contributed by atoms with Gasteiger partial charge in [0.25, 0.3) is 0 Å². The molecule has 0 radical (unpaired) electrons. The molecule has 7 aromatic rings. The monoisotopic (exact) mass is 655 g/mol. The number of para-hydroxylation sites is 3. The fourth-order valence-electron chi connectivity index (χ4n) is 9.13. The third-order valence-electron chi connectivity index (χ3n) is 11.3. The Morgan fingerprint density at radius 2 is 0.796 bits per heavy atom. The molecule has 4 aromatic carbocycles. The SMILES string of the molecule is CCC(C)(C)n1c2ccccc2c2c1c1c3ccccc3n(C(C)(C)CC(C)(C)N)c1c1c3ccccc3n(C(C)(C)CCC(C)(C)N)c21. The fourth-order valence-corrected chi connectivity index (χ4v) is 9.13. The Kier molecular flexibility index (Phi) is 7.46. The maximum Gasteiger partial charge on any atom is 0.0619 e. The number of rotatable bonds is 9. The van der Waals surface area contributed by atoms with Gasteiger partial charge in [-0.15, -0.1) is 0 Å². The number of hydrogen-bond acceptors (Lipinski definition) is 2. The van der Waals surface area contributed by atoms with Gasteiger partial charge in [0.1, 0.15) is 0 Å². The maximum atomic E-state index is 6.86. The lowest BCUT2D eigenvalue weighted by molar-refractivity contribution is 0.272. The fraction of sp³-hybridized carbons (Fsp3) is 0.455. The Labute approximate surface area is 292 Å². The molecule has 0 aliphatic heterocycles. The molecule has 0 fully saturated rings. The van der Waals surface area contributed by atoms with Gasteiger partial charge in [-0.25, -0.2) is 0 Å². The van der Waals surface area contributed by atoms with Crippen LogP contribution in [0.1, 0.15) is 102 Å². The van der Waals surface area contributed by atoms with E-state index < -0.39 is 0 Å². The van der Waals surface area contributed by atoms with E-state index in [-0.39, 0.29) is 27.7 Å². The van der Waals surface area contributed by atoms with Crippen molar-refractivity contribution < 1.29 is 0 Å². The second-order valence-corrected chi connectivity index (χ2v) is 18.2. The second-order valence-electron chi connectivity index (χ2n) is 18.2. The van der Waals surface area contributed by atoms with Crippen molar-refractivity contribution >= 4 is 65.4 Å². The molecule has 5 nitrogen and oxygen atoms in total. The van der Waals surface area contributed by atoms with Crippen molar-refractivity contribution in [2.45, 2.75) is 130 Å². The number of nitrogens with two attached hydrogens (primary N) is 2. The topological polar surface area (TPSA) is 66.8 Å². The lowest BCUT2D eigenvalue weighted by atomic mass is 9.87. The molecule has 3 aromatic heterocycles. The molecule has 0 spiro atoms. The summed E-state index contributed by atoms with van der Waals surface area (Å²) < 4.78 is 8.01.